The molecule has 0 unspecified atom stereocenters. The fraction of sp³-hybridized carbons (Fsp3) is 0.0909. The number of rotatable bonds is 6. The second-order valence-corrected chi connectivity index (χ2v) is 8.21. The topological polar surface area (TPSA) is 71.2 Å². The molecule has 1 heterocycles. The number of aromatic amines is 1. The first-order valence-electron chi connectivity index (χ1n) is 8.86. The lowest BCUT2D eigenvalue weighted by molar-refractivity contribution is 0.415. The second-order valence-electron chi connectivity index (χ2n) is 6.47. The van der Waals surface area contributed by atoms with Gasteiger partial charge in [-0.15, -0.1) is 0 Å². The minimum Gasteiger partial charge on any atom is -0.497 e. The Labute approximate surface area is 164 Å². The zero-order chi connectivity index (χ0) is 19.6. The number of methoxy groups -OCH3 is 1. The van der Waals surface area contributed by atoms with Crippen LogP contribution in [0.5, 0.6) is 5.75 Å². The molecule has 4 aromatic rings. The van der Waals surface area contributed by atoms with E-state index in [1.807, 2.05) is 72.8 Å². The monoisotopic (exact) mass is 392 g/mol. The van der Waals surface area contributed by atoms with Crippen molar-refractivity contribution in [2.24, 2.45) is 0 Å². The highest BCUT2D eigenvalue weighted by atomic mass is 32.2. The number of benzene rings is 3. The van der Waals surface area contributed by atoms with Gasteiger partial charge < -0.3 is 9.72 Å². The molecule has 0 amide bonds. The Bertz CT molecular complexity index is 1160. The quantitative estimate of drug-likeness (QED) is 0.513. The van der Waals surface area contributed by atoms with Gasteiger partial charge in [-0.2, -0.15) is 0 Å². The molecule has 6 heteroatoms. The largest absolute Gasteiger partial charge is 0.497 e. The van der Waals surface area contributed by atoms with Gasteiger partial charge in [-0.1, -0.05) is 54.6 Å². The van der Waals surface area contributed by atoms with E-state index in [-0.39, 0.29) is 11.6 Å². The Morgan fingerprint density at radius 1 is 0.893 bits per heavy atom. The maximum atomic E-state index is 12.6. The van der Waals surface area contributed by atoms with Gasteiger partial charge in [-0.3, -0.25) is 0 Å². The number of H-pyrrole nitrogens is 1. The van der Waals surface area contributed by atoms with Gasteiger partial charge in [0.15, 0.2) is 0 Å². The van der Waals surface area contributed by atoms with Crippen molar-refractivity contribution in [2.75, 3.05) is 7.11 Å². The number of hydrogen-bond donors (Lipinski definition) is 2. The van der Waals surface area contributed by atoms with Gasteiger partial charge in [0.2, 0.25) is 0 Å². The molecular formula is C22H20N2O3S. The third-order valence-corrected chi connectivity index (χ3v) is 5.96. The first kappa shape index (κ1) is 18.3. The van der Waals surface area contributed by atoms with Crippen LogP contribution in [0.1, 0.15) is 5.56 Å². The molecule has 4 rings (SSSR count). The zero-order valence-corrected chi connectivity index (χ0v) is 16.2. The summed E-state index contributed by atoms with van der Waals surface area (Å²) < 4.78 is 33.0. The number of sulfonamides is 1. The maximum absolute atomic E-state index is 12.6. The molecule has 0 saturated heterocycles. The maximum Gasteiger partial charge on any atom is 0.256 e. The van der Waals surface area contributed by atoms with Crippen LogP contribution in [0.2, 0.25) is 0 Å². The van der Waals surface area contributed by atoms with Gasteiger partial charge in [0.25, 0.3) is 10.0 Å². The van der Waals surface area contributed by atoms with Gasteiger partial charge in [0, 0.05) is 17.4 Å². The van der Waals surface area contributed by atoms with Crippen molar-refractivity contribution in [1.82, 2.24) is 9.71 Å². The SMILES string of the molecule is COc1ccc(-c2ccc(CNS(=O)(=O)c3cc4ccccc4[nH]3)cc2)cc1. The molecule has 3 aromatic carbocycles. The Kier molecular flexibility index (Phi) is 4.90. The summed E-state index contributed by atoms with van der Waals surface area (Å²) in [5.74, 6) is 0.812. The average Bonchev–Trinajstić information content (AvgIpc) is 3.18. The molecule has 0 aliphatic rings. The van der Waals surface area contributed by atoms with Gasteiger partial charge >= 0.3 is 0 Å². The van der Waals surface area contributed by atoms with Gasteiger partial charge in [0.1, 0.15) is 10.8 Å². The van der Waals surface area contributed by atoms with Gasteiger partial charge in [-0.05, 0) is 41.0 Å². The lowest BCUT2D eigenvalue weighted by Crippen LogP contribution is -2.23. The summed E-state index contributed by atoms with van der Waals surface area (Å²) in [6.45, 7) is 0.223. The summed E-state index contributed by atoms with van der Waals surface area (Å²) in [7, 11) is -1.97. The standard InChI is InChI=1S/C22H20N2O3S/c1-27-20-12-10-18(11-13-20)17-8-6-16(7-9-17)15-23-28(25,26)22-14-19-4-2-3-5-21(19)24-22/h2-14,23-24H,15H2,1H3. The molecule has 1 aromatic heterocycles. The zero-order valence-electron chi connectivity index (χ0n) is 15.3. The fourth-order valence-electron chi connectivity index (χ4n) is 3.05. The van der Waals surface area contributed by atoms with Crippen molar-refractivity contribution in [3.05, 3.63) is 84.4 Å². The van der Waals surface area contributed by atoms with Crippen LogP contribution in [-0.2, 0) is 16.6 Å². The number of para-hydroxylation sites is 1. The van der Waals surface area contributed by atoms with Gasteiger partial charge in [-0.25, -0.2) is 13.1 Å². The van der Waals surface area contributed by atoms with Crippen LogP contribution in [0.25, 0.3) is 22.0 Å². The molecule has 0 bridgehead atoms. The summed E-state index contributed by atoms with van der Waals surface area (Å²) in [5, 5.41) is 1.04. The molecule has 0 radical (unpaired) electrons. The Morgan fingerprint density at radius 2 is 1.54 bits per heavy atom. The molecule has 0 aliphatic carbocycles. The van der Waals surface area contributed by atoms with Crippen LogP contribution in [0, 0.1) is 0 Å². The summed E-state index contributed by atoms with van der Waals surface area (Å²) in [4.78, 5) is 2.95. The van der Waals surface area contributed by atoms with Crippen LogP contribution in [0.4, 0.5) is 0 Å². The number of aromatic nitrogens is 1. The molecular weight excluding hydrogens is 372 g/mol. The van der Waals surface area contributed by atoms with E-state index in [9.17, 15) is 8.42 Å². The molecule has 0 saturated carbocycles. The second kappa shape index (κ2) is 7.50. The highest BCUT2D eigenvalue weighted by Crippen LogP contribution is 2.23. The van der Waals surface area contributed by atoms with Crippen LogP contribution >= 0.6 is 0 Å². The van der Waals surface area contributed by atoms with E-state index < -0.39 is 10.0 Å². The number of nitrogens with one attached hydrogen (secondary N) is 2. The minimum absolute atomic E-state index is 0.170. The summed E-state index contributed by atoms with van der Waals surface area (Å²) in [5.41, 5.74) is 3.82. The summed E-state index contributed by atoms with van der Waals surface area (Å²) >= 11 is 0. The Hall–Kier alpha value is -3.09. The van der Waals surface area contributed by atoms with Crippen molar-refractivity contribution in [1.29, 1.82) is 0 Å². The molecule has 0 atom stereocenters. The first-order chi connectivity index (χ1) is 13.5. The lowest BCUT2D eigenvalue weighted by atomic mass is 10.0. The summed E-state index contributed by atoms with van der Waals surface area (Å²) in [6.07, 6.45) is 0. The van der Waals surface area contributed by atoms with Crippen molar-refractivity contribution < 1.29 is 13.2 Å². The van der Waals surface area contributed by atoms with E-state index in [1.54, 1.807) is 13.2 Å². The third kappa shape index (κ3) is 3.78. The Balaban J connectivity index is 1.46. The van der Waals surface area contributed by atoms with Crippen molar-refractivity contribution in [3.63, 3.8) is 0 Å². The van der Waals surface area contributed by atoms with Crippen LogP contribution in [0.15, 0.2) is 83.9 Å². The van der Waals surface area contributed by atoms with Crippen molar-refractivity contribution in [2.45, 2.75) is 11.6 Å². The van der Waals surface area contributed by atoms with Crippen LogP contribution < -0.4 is 9.46 Å². The highest BCUT2D eigenvalue weighted by molar-refractivity contribution is 7.89. The highest BCUT2D eigenvalue weighted by Gasteiger charge is 2.16. The van der Waals surface area contributed by atoms with E-state index in [0.717, 1.165) is 33.3 Å². The van der Waals surface area contributed by atoms with Crippen molar-refractivity contribution >= 4 is 20.9 Å². The number of ether oxygens (including phenoxy) is 1. The van der Waals surface area contributed by atoms with Crippen LogP contribution in [0.3, 0.4) is 0 Å². The van der Waals surface area contributed by atoms with E-state index >= 15 is 0 Å². The van der Waals surface area contributed by atoms with E-state index in [0.29, 0.717) is 0 Å². The number of hydrogen-bond acceptors (Lipinski definition) is 3. The lowest BCUT2D eigenvalue weighted by Gasteiger charge is -2.07. The average molecular weight is 392 g/mol. The Morgan fingerprint density at radius 3 is 2.18 bits per heavy atom. The molecule has 0 aliphatic heterocycles. The molecule has 2 N–H and O–H groups in total. The molecule has 0 spiro atoms. The predicted molar refractivity (Wildman–Crippen MR) is 111 cm³/mol. The first-order valence-corrected chi connectivity index (χ1v) is 10.3. The molecule has 0 fully saturated rings. The predicted octanol–water partition coefficient (Wildman–Crippen LogP) is 4.32. The normalized spacial score (nSPS) is 11.6. The van der Waals surface area contributed by atoms with Crippen LogP contribution in [-0.4, -0.2) is 20.5 Å². The molecule has 28 heavy (non-hydrogen) atoms. The molecule has 142 valence electrons. The van der Waals surface area contributed by atoms with E-state index in [4.69, 9.17) is 4.74 Å². The number of fused-ring (bicyclic) bond motifs is 1. The van der Waals surface area contributed by atoms with E-state index in [1.165, 1.54) is 0 Å². The fourth-order valence-corrected chi connectivity index (χ4v) is 4.08. The molecule has 5 nitrogen and oxygen atoms in total. The summed E-state index contributed by atoms with van der Waals surface area (Å²) in [6, 6.07) is 24.7. The van der Waals surface area contributed by atoms with E-state index in [2.05, 4.69) is 9.71 Å². The smallest absolute Gasteiger partial charge is 0.256 e. The third-order valence-electron chi connectivity index (χ3n) is 4.64. The van der Waals surface area contributed by atoms with Gasteiger partial charge in [0.05, 0.1) is 7.11 Å². The minimum atomic E-state index is -3.61. The van der Waals surface area contributed by atoms with Crippen molar-refractivity contribution in [3.8, 4) is 16.9 Å².